The van der Waals surface area contributed by atoms with E-state index in [0.717, 1.165) is 43.6 Å². The molecule has 0 spiro atoms. The summed E-state index contributed by atoms with van der Waals surface area (Å²) in [6.07, 6.45) is 2.22. The van der Waals surface area contributed by atoms with E-state index in [-0.39, 0.29) is 23.6 Å². The fourth-order valence-electron chi connectivity index (χ4n) is 3.71. The summed E-state index contributed by atoms with van der Waals surface area (Å²) in [5, 5.41) is 0. The summed E-state index contributed by atoms with van der Waals surface area (Å²) < 4.78 is 26.6. The summed E-state index contributed by atoms with van der Waals surface area (Å²) in [7, 11) is 0. The topological polar surface area (TPSA) is 29.3 Å². The van der Waals surface area contributed by atoms with E-state index in [4.69, 9.17) is 5.73 Å². The second kappa shape index (κ2) is 8.07. The monoisotopic (exact) mass is 344 g/mol. The third-order valence-corrected chi connectivity index (χ3v) is 5.36. The Morgan fingerprint density at radius 2 is 1.36 bits per heavy atom. The van der Waals surface area contributed by atoms with Gasteiger partial charge in [-0.15, -0.1) is 0 Å². The first-order valence-electron chi connectivity index (χ1n) is 9.02. The largest absolute Gasteiger partial charge is 0.328 e. The SMILES string of the molecule is CC(N)C1CCN(CC(c2ccc(F)cc2)c2ccc(F)cc2)CC1. The van der Waals surface area contributed by atoms with Crippen molar-refractivity contribution in [3.63, 3.8) is 0 Å². The molecule has 1 aliphatic rings. The van der Waals surface area contributed by atoms with Crippen LogP contribution in [0.2, 0.25) is 0 Å². The minimum atomic E-state index is -0.237. The van der Waals surface area contributed by atoms with Crippen molar-refractivity contribution in [2.75, 3.05) is 19.6 Å². The lowest BCUT2D eigenvalue weighted by Crippen LogP contribution is -2.41. The summed E-state index contributed by atoms with van der Waals surface area (Å²) in [6, 6.07) is 13.5. The molecule has 2 N–H and O–H groups in total. The lowest BCUT2D eigenvalue weighted by Gasteiger charge is -2.36. The number of hydrogen-bond donors (Lipinski definition) is 1. The van der Waals surface area contributed by atoms with Crippen molar-refractivity contribution in [1.29, 1.82) is 0 Å². The van der Waals surface area contributed by atoms with Crippen molar-refractivity contribution >= 4 is 0 Å². The summed E-state index contributed by atoms with van der Waals surface area (Å²) in [5.41, 5.74) is 8.15. The summed E-state index contributed by atoms with van der Waals surface area (Å²) >= 11 is 0. The normalized spacial score (nSPS) is 17.8. The molecule has 0 bridgehead atoms. The number of piperidine rings is 1. The molecule has 1 heterocycles. The minimum absolute atomic E-state index is 0.105. The van der Waals surface area contributed by atoms with Gasteiger partial charge < -0.3 is 10.6 Å². The molecule has 0 aromatic heterocycles. The molecular weight excluding hydrogens is 318 g/mol. The summed E-state index contributed by atoms with van der Waals surface area (Å²) in [5.74, 6) is 0.220. The van der Waals surface area contributed by atoms with E-state index in [1.165, 1.54) is 24.3 Å². The number of benzene rings is 2. The van der Waals surface area contributed by atoms with E-state index in [1.54, 1.807) is 0 Å². The molecule has 0 radical (unpaired) electrons. The van der Waals surface area contributed by atoms with Crippen molar-refractivity contribution in [3.8, 4) is 0 Å². The van der Waals surface area contributed by atoms with Crippen LogP contribution in [0.1, 0.15) is 36.8 Å². The third-order valence-electron chi connectivity index (χ3n) is 5.36. The zero-order valence-electron chi connectivity index (χ0n) is 14.7. The van der Waals surface area contributed by atoms with Crippen molar-refractivity contribution in [2.45, 2.75) is 31.7 Å². The molecule has 1 atom stereocenters. The van der Waals surface area contributed by atoms with Gasteiger partial charge in [-0.1, -0.05) is 24.3 Å². The van der Waals surface area contributed by atoms with Crippen molar-refractivity contribution in [1.82, 2.24) is 4.90 Å². The predicted octanol–water partition coefficient (Wildman–Crippen LogP) is 4.16. The quantitative estimate of drug-likeness (QED) is 0.883. The van der Waals surface area contributed by atoms with Gasteiger partial charge in [-0.25, -0.2) is 8.78 Å². The first kappa shape index (κ1) is 18.0. The Balaban J connectivity index is 1.77. The number of hydrogen-bond acceptors (Lipinski definition) is 2. The van der Waals surface area contributed by atoms with Gasteiger partial charge in [-0.3, -0.25) is 0 Å². The molecule has 2 aromatic carbocycles. The van der Waals surface area contributed by atoms with Gasteiger partial charge in [-0.05, 0) is 74.2 Å². The van der Waals surface area contributed by atoms with Gasteiger partial charge in [0, 0.05) is 18.5 Å². The Morgan fingerprint density at radius 3 is 1.76 bits per heavy atom. The van der Waals surface area contributed by atoms with Gasteiger partial charge in [0.15, 0.2) is 0 Å². The molecule has 25 heavy (non-hydrogen) atoms. The Hall–Kier alpha value is -1.78. The molecule has 0 aliphatic carbocycles. The van der Waals surface area contributed by atoms with Crippen molar-refractivity contribution in [3.05, 3.63) is 71.3 Å². The van der Waals surface area contributed by atoms with Crippen LogP contribution < -0.4 is 5.73 Å². The van der Waals surface area contributed by atoms with Gasteiger partial charge >= 0.3 is 0 Å². The molecular formula is C21H26F2N2. The zero-order valence-corrected chi connectivity index (χ0v) is 14.7. The third kappa shape index (κ3) is 4.65. The van der Waals surface area contributed by atoms with Gasteiger partial charge in [0.1, 0.15) is 11.6 Å². The maximum Gasteiger partial charge on any atom is 0.123 e. The highest BCUT2D eigenvalue weighted by atomic mass is 19.1. The number of nitrogens with two attached hydrogens (primary N) is 1. The van der Waals surface area contributed by atoms with Crippen LogP contribution in [0, 0.1) is 17.6 Å². The fraction of sp³-hybridized carbons (Fsp3) is 0.429. The van der Waals surface area contributed by atoms with E-state index < -0.39 is 0 Å². The van der Waals surface area contributed by atoms with Crippen LogP contribution in [-0.2, 0) is 0 Å². The molecule has 1 aliphatic heterocycles. The standard InChI is InChI=1S/C21H26F2N2/c1-15(24)16-10-12-25(13-11-16)14-21(17-2-6-19(22)7-3-17)18-4-8-20(23)9-5-18/h2-9,15-16,21H,10-14,24H2,1H3. The van der Waals surface area contributed by atoms with Crippen LogP contribution in [0.15, 0.2) is 48.5 Å². The second-order valence-corrected chi connectivity index (χ2v) is 7.15. The molecule has 0 saturated carbocycles. The van der Waals surface area contributed by atoms with Gasteiger partial charge in [0.05, 0.1) is 0 Å². The molecule has 4 heteroatoms. The van der Waals surface area contributed by atoms with Crippen molar-refractivity contribution < 1.29 is 8.78 Å². The second-order valence-electron chi connectivity index (χ2n) is 7.15. The van der Waals surface area contributed by atoms with Crippen LogP contribution in [0.3, 0.4) is 0 Å². The molecule has 1 saturated heterocycles. The highest BCUT2D eigenvalue weighted by Gasteiger charge is 2.25. The lowest BCUT2D eigenvalue weighted by molar-refractivity contribution is 0.168. The van der Waals surface area contributed by atoms with Crippen LogP contribution in [0.4, 0.5) is 8.78 Å². The van der Waals surface area contributed by atoms with Gasteiger partial charge in [-0.2, -0.15) is 0 Å². The Bertz CT molecular complexity index is 614. The zero-order chi connectivity index (χ0) is 17.8. The van der Waals surface area contributed by atoms with Gasteiger partial charge in [0.2, 0.25) is 0 Å². The fourth-order valence-corrected chi connectivity index (χ4v) is 3.71. The highest BCUT2D eigenvalue weighted by molar-refractivity contribution is 5.33. The first-order valence-corrected chi connectivity index (χ1v) is 9.02. The Labute approximate surface area is 148 Å². The van der Waals surface area contributed by atoms with E-state index >= 15 is 0 Å². The van der Waals surface area contributed by atoms with Crippen molar-refractivity contribution in [2.24, 2.45) is 11.7 Å². The highest BCUT2D eigenvalue weighted by Crippen LogP contribution is 2.28. The molecule has 2 aromatic rings. The number of likely N-dealkylation sites (tertiary alicyclic amines) is 1. The average Bonchev–Trinajstić information content (AvgIpc) is 2.62. The van der Waals surface area contributed by atoms with E-state index in [1.807, 2.05) is 24.3 Å². The molecule has 2 nitrogen and oxygen atoms in total. The van der Waals surface area contributed by atoms with Crippen LogP contribution in [0.25, 0.3) is 0 Å². The Kier molecular flexibility index (Phi) is 5.82. The van der Waals surface area contributed by atoms with E-state index in [2.05, 4.69) is 11.8 Å². The molecule has 134 valence electrons. The maximum atomic E-state index is 13.3. The maximum absolute atomic E-state index is 13.3. The number of nitrogens with zero attached hydrogens (tertiary/aromatic N) is 1. The van der Waals surface area contributed by atoms with Crippen LogP contribution >= 0.6 is 0 Å². The van der Waals surface area contributed by atoms with Crippen LogP contribution in [-0.4, -0.2) is 30.6 Å². The number of rotatable bonds is 5. The average molecular weight is 344 g/mol. The van der Waals surface area contributed by atoms with E-state index in [0.29, 0.717) is 5.92 Å². The lowest BCUT2D eigenvalue weighted by atomic mass is 9.87. The van der Waals surface area contributed by atoms with Crippen LogP contribution in [0.5, 0.6) is 0 Å². The molecule has 1 unspecified atom stereocenters. The predicted molar refractivity (Wildman–Crippen MR) is 97.5 cm³/mol. The Morgan fingerprint density at radius 1 is 0.920 bits per heavy atom. The smallest absolute Gasteiger partial charge is 0.123 e. The minimum Gasteiger partial charge on any atom is -0.328 e. The molecule has 0 amide bonds. The molecule has 3 rings (SSSR count). The molecule has 1 fully saturated rings. The first-order chi connectivity index (χ1) is 12.0. The summed E-state index contributed by atoms with van der Waals surface area (Å²) in [4.78, 5) is 2.44. The summed E-state index contributed by atoms with van der Waals surface area (Å²) in [6.45, 7) is 4.97. The number of halogens is 2. The van der Waals surface area contributed by atoms with E-state index in [9.17, 15) is 8.78 Å². The van der Waals surface area contributed by atoms with Gasteiger partial charge in [0.25, 0.3) is 0 Å².